The summed E-state index contributed by atoms with van der Waals surface area (Å²) in [5.74, 6) is 0. The molecule has 0 aliphatic heterocycles. The molecule has 0 fully saturated rings. The minimum absolute atomic E-state index is 0.122. The van der Waals surface area contributed by atoms with Crippen molar-refractivity contribution in [2.45, 2.75) is 0 Å². The molecule has 0 spiro atoms. The molecule has 2 aromatic rings. The van der Waals surface area contributed by atoms with Crippen LogP contribution in [0.4, 0.5) is 5.69 Å². The third-order valence-electron chi connectivity index (χ3n) is 2.04. The summed E-state index contributed by atoms with van der Waals surface area (Å²) in [6.07, 6.45) is 3.63. The molecular weight excluding hydrogens is 190 g/mol. The Morgan fingerprint density at radius 2 is 2.07 bits per heavy atom. The van der Waals surface area contributed by atoms with Crippen LogP contribution >= 0.6 is 0 Å². The number of rotatable bonds is 4. The number of aromatic nitrogens is 2. The number of hydrogen-bond donors (Lipinski definition) is 2. The monoisotopic (exact) mass is 203 g/mol. The molecule has 0 saturated carbocycles. The number of nitrogens with zero attached hydrogens (tertiary/aromatic N) is 2. The van der Waals surface area contributed by atoms with Gasteiger partial charge in [-0.15, -0.1) is 0 Å². The molecule has 2 rings (SSSR count). The Balaban J connectivity index is 2.14. The number of aliphatic hydroxyl groups is 1. The van der Waals surface area contributed by atoms with E-state index in [-0.39, 0.29) is 6.61 Å². The van der Waals surface area contributed by atoms with Crippen molar-refractivity contribution in [2.24, 2.45) is 0 Å². The van der Waals surface area contributed by atoms with Crippen LogP contribution in [0.25, 0.3) is 5.69 Å². The number of aliphatic hydroxyl groups excluding tert-OH is 1. The summed E-state index contributed by atoms with van der Waals surface area (Å²) < 4.78 is 1.79. The minimum Gasteiger partial charge on any atom is -0.395 e. The van der Waals surface area contributed by atoms with Crippen LogP contribution in [-0.4, -0.2) is 28.0 Å². The van der Waals surface area contributed by atoms with Gasteiger partial charge in [-0.05, 0) is 12.1 Å². The van der Waals surface area contributed by atoms with Crippen LogP contribution in [0, 0.1) is 0 Å². The Morgan fingerprint density at radius 3 is 2.80 bits per heavy atom. The zero-order chi connectivity index (χ0) is 10.5. The third kappa shape index (κ3) is 2.35. The van der Waals surface area contributed by atoms with Gasteiger partial charge in [0.1, 0.15) is 0 Å². The summed E-state index contributed by atoms with van der Waals surface area (Å²) in [4.78, 5) is 0. The molecule has 0 bridgehead atoms. The molecule has 4 nitrogen and oxygen atoms in total. The van der Waals surface area contributed by atoms with Crippen molar-refractivity contribution < 1.29 is 5.11 Å². The molecule has 0 aliphatic carbocycles. The average molecular weight is 203 g/mol. The molecule has 0 amide bonds. The van der Waals surface area contributed by atoms with Crippen molar-refractivity contribution in [2.75, 3.05) is 18.5 Å². The van der Waals surface area contributed by atoms with E-state index in [9.17, 15) is 0 Å². The zero-order valence-electron chi connectivity index (χ0n) is 8.30. The molecular formula is C11H13N3O. The molecule has 0 radical (unpaired) electrons. The number of anilines is 1. The molecule has 4 heteroatoms. The van der Waals surface area contributed by atoms with E-state index in [2.05, 4.69) is 10.4 Å². The van der Waals surface area contributed by atoms with Gasteiger partial charge >= 0.3 is 0 Å². The fourth-order valence-electron chi connectivity index (χ4n) is 1.34. The van der Waals surface area contributed by atoms with Gasteiger partial charge in [0, 0.05) is 6.54 Å². The number of nitrogens with one attached hydrogen (secondary N) is 1. The van der Waals surface area contributed by atoms with Crippen LogP contribution in [-0.2, 0) is 0 Å². The van der Waals surface area contributed by atoms with Crippen LogP contribution in [0.3, 0.4) is 0 Å². The van der Waals surface area contributed by atoms with Gasteiger partial charge in [0.25, 0.3) is 0 Å². The highest BCUT2D eigenvalue weighted by Crippen LogP contribution is 2.10. The van der Waals surface area contributed by atoms with Crippen molar-refractivity contribution in [1.82, 2.24) is 9.78 Å². The lowest BCUT2D eigenvalue weighted by Crippen LogP contribution is -2.04. The van der Waals surface area contributed by atoms with Crippen molar-refractivity contribution in [3.05, 3.63) is 42.7 Å². The maximum atomic E-state index is 8.66. The zero-order valence-corrected chi connectivity index (χ0v) is 8.30. The molecule has 1 aromatic carbocycles. The molecule has 0 unspecified atom stereocenters. The van der Waals surface area contributed by atoms with Crippen LogP contribution < -0.4 is 5.32 Å². The summed E-state index contributed by atoms with van der Waals surface area (Å²) in [6, 6.07) is 9.89. The average Bonchev–Trinajstić information content (AvgIpc) is 2.76. The van der Waals surface area contributed by atoms with Crippen LogP contribution in [0.5, 0.6) is 0 Å². The Morgan fingerprint density at radius 1 is 1.27 bits per heavy atom. The van der Waals surface area contributed by atoms with Crippen molar-refractivity contribution in [3.63, 3.8) is 0 Å². The van der Waals surface area contributed by atoms with E-state index in [0.717, 1.165) is 11.4 Å². The minimum atomic E-state index is 0.122. The molecule has 0 aliphatic rings. The van der Waals surface area contributed by atoms with Crippen molar-refractivity contribution in [3.8, 4) is 5.69 Å². The van der Waals surface area contributed by atoms with Gasteiger partial charge in [0.15, 0.2) is 0 Å². The Bertz CT molecular complexity index is 411. The number of para-hydroxylation sites is 1. The fraction of sp³-hybridized carbons (Fsp3) is 0.182. The first-order chi connectivity index (χ1) is 7.40. The molecule has 78 valence electrons. The Hall–Kier alpha value is -1.81. The first-order valence-electron chi connectivity index (χ1n) is 4.85. The summed E-state index contributed by atoms with van der Waals surface area (Å²) in [5, 5.41) is 15.9. The quantitative estimate of drug-likeness (QED) is 0.787. The van der Waals surface area contributed by atoms with Gasteiger partial charge in [-0.2, -0.15) is 5.10 Å². The molecule has 1 aromatic heterocycles. The van der Waals surface area contributed by atoms with E-state index in [4.69, 9.17) is 5.11 Å². The summed E-state index contributed by atoms with van der Waals surface area (Å²) in [7, 11) is 0. The second-order valence-electron chi connectivity index (χ2n) is 3.16. The third-order valence-corrected chi connectivity index (χ3v) is 2.04. The first kappa shape index (κ1) is 9.73. The largest absolute Gasteiger partial charge is 0.395 e. The normalized spacial score (nSPS) is 10.2. The van der Waals surface area contributed by atoms with Gasteiger partial charge in [-0.25, -0.2) is 4.68 Å². The Labute approximate surface area is 88.2 Å². The Kier molecular flexibility index (Phi) is 2.99. The van der Waals surface area contributed by atoms with Gasteiger partial charge in [0.05, 0.1) is 30.4 Å². The maximum Gasteiger partial charge on any atom is 0.0732 e. The predicted molar refractivity (Wildman–Crippen MR) is 59.1 cm³/mol. The summed E-state index contributed by atoms with van der Waals surface area (Å²) in [6.45, 7) is 0.664. The van der Waals surface area contributed by atoms with Gasteiger partial charge < -0.3 is 10.4 Å². The van der Waals surface area contributed by atoms with E-state index < -0.39 is 0 Å². The van der Waals surface area contributed by atoms with E-state index in [1.165, 1.54) is 0 Å². The van der Waals surface area contributed by atoms with Gasteiger partial charge in [-0.3, -0.25) is 0 Å². The molecule has 15 heavy (non-hydrogen) atoms. The van der Waals surface area contributed by atoms with Gasteiger partial charge in [0.2, 0.25) is 0 Å². The summed E-state index contributed by atoms with van der Waals surface area (Å²) >= 11 is 0. The topological polar surface area (TPSA) is 50.1 Å². The van der Waals surface area contributed by atoms with E-state index in [1.54, 1.807) is 10.9 Å². The van der Waals surface area contributed by atoms with Crippen LogP contribution in [0.15, 0.2) is 42.7 Å². The maximum absolute atomic E-state index is 8.66. The van der Waals surface area contributed by atoms with Crippen molar-refractivity contribution in [1.29, 1.82) is 0 Å². The smallest absolute Gasteiger partial charge is 0.0732 e. The molecule has 0 saturated heterocycles. The number of hydrogen-bond acceptors (Lipinski definition) is 3. The lowest BCUT2D eigenvalue weighted by molar-refractivity contribution is 0.311. The second kappa shape index (κ2) is 4.61. The van der Waals surface area contributed by atoms with Gasteiger partial charge in [-0.1, -0.05) is 18.2 Å². The number of benzene rings is 1. The molecule has 1 heterocycles. The summed E-state index contributed by atoms with van der Waals surface area (Å²) in [5.41, 5.74) is 1.93. The van der Waals surface area contributed by atoms with E-state index in [0.29, 0.717) is 6.54 Å². The van der Waals surface area contributed by atoms with E-state index in [1.807, 2.05) is 36.5 Å². The highest BCUT2D eigenvalue weighted by Gasteiger charge is 1.98. The predicted octanol–water partition coefficient (Wildman–Crippen LogP) is 1.28. The molecule has 0 atom stereocenters. The highest BCUT2D eigenvalue weighted by molar-refractivity contribution is 5.42. The lowest BCUT2D eigenvalue weighted by atomic mass is 10.3. The van der Waals surface area contributed by atoms with Crippen LogP contribution in [0.1, 0.15) is 0 Å². The standard InChI is InChI=1S/C11H13N3O/c15-7-6-12-10-8-13-14(9-10)11-4-2-1-3-5-11/h1-5,8-9,12,15H,6-7H2. The lowest BCUT2D eigenvalue weighted by Gasteiger charge is -2.00. The van der Waals surface area contributed by atoms with Crippen molar-refractivity contribution >= 4 is 5.69 Å². The fourth-order valence-corrected chi connectivity index (χ4v) is 1.34. The molecule has 2 N–H and O–H groups in total. The highest BCUT2D eigenvalue weighted by atomic mass is 16.3. The second-order valence-corrected chi connectivity index (χ2v) is 3.16. The first-order valence-corrected chi connectivity index (χ1v) is 4.85. The van der Waals surface area contributed by atoms with Crippen LogP contribution in [0.2, 0.25) is 0 Å². The van der Waals surface area contributed by atoms with E-state index >= 15 is 0 Å². The SMILES string of the molecule is OCCNc1cnn(-c2ccccc2)c1.